The number of carbonyl (C=O) groups is 9. The molecule has 9 rings (SSSR count). The molecule has 0 spiro atoms. The number of nitrogens with one attached hydrogen (secondary N) is 7. The predicted molar refractivity (Wildman–Crippen MR) is 311 cm³/mol. The number of rotatable bonds is 24. The summed E-state index contributed by atoms with van der Waals surface area (Å²) in [5.74, 6) is -4.73. The average molecular weight is 1200 g/mol. The van der Waals surface area contributed by atoms with Gasteiger partial charge in [-0.1, -0.05) is 12.5 Å². The number of piperidine rings is 2. The van der Waals surface area contributed by atoms with Gasteiger partial charge >= 0.3 is 5.97 Å². The van der Waals surface area contributed by atoms with Crippen molar-refractivity contribution >= 4 is 97.3 Å². The Morgan fingerprint density at radius 3 is 2.33 bits per heavy atom. The molecule has 2 unspecified atom stereocenters. The van der Waals surface area contributed by atoms with Gasteiger partial charge in [-0.25, -0.2) is 8.42 Å². The molecule has 1 aliphatic carbocycles. The van der Waals surface area contributed by atoms with Crippen LogP contribution in [-0.4, -0.2) is 178 Å². The molecule has 0 radical (unpaired) electrons. The standard InChI is InChI=1S/C56H70N12O14S2/c1-65-28-37(35-25-42(62-49(35)55(65)77)51(73)60-19-18-58-46(69)16-23-67-48(71)27-45(54(67)76)83-30-39(57)56(78)79)34-24-41(64-84(2,80)81)36(26-44(34)82-32-8-4-3-5-9-32)50(72)59-17-7-20-66-21-14-31(15-22-66)61-40-11-6-10-33-38(40)29-68(53(33)75)43-12-13-47(70)63-52(43)74/h6,10-11,24-26,28,31-32,39,43,45,61-62,64H,3-5,7-9,12-23,27,29-30,57H2,1-2H3,(H,58,69)(H,59,72)(H,60,73)(H,78,79)(H,63,70,74)/t39-,43?,45?/m0/s1. The molecule has 450 valence electrons. The Bertz CT molecular complexity index is 3440. The largest absolute Gasteiger partial charge is 0.490 e. The van der Waals surface area contributed by atoms with Gasteiger partial charge in [0.25, 0.3) is 23.3 Å². The number of nitrogens with zero attached hydrogens (tertiary/aromatic N) is 4. The summed E-state index contributed by atoms with van der Waals surface area (Å²) in [6.45, 7) is 2.50. The van der Waals surface area contributed by atoms with Gasteiger partial charge in [0, 0.05) is 123 Å². The van der Waals surface area contributed by atoms with Crippen LogP contribution in [0.1, 0.15) is 114 Å². The maximum absolute atomic E-state index is 14.2. The lowest BCUT2D eigenvalue weighted by molar-refractivity contribution is -0.140. The second kappa shape index (κ2) is 26.4. The van der Waals surface area contributed by atoms with Crippen molar-refractivity contribution in [3.05, 3.63) is 75.3 Å². The molecule has 0 bridgehead atoms. The molecule has 3 atom stereocenters. The number of H-pyrrole nitrogens is 1. The van der Waals surface area contributed by atoms with Crippen molar-refractivity contribution in [1.82, 2.24) is 45.5 Å². The lowest BCUT2D eigenvalue weighted by atomic mass is 9.96. The number of hydrogen-bond donors (Lipinski definition) is 9. The van der Waals surface area contributed by atoms with Crippen LogP contribution in [0.3, 0.4) is 0 Å². The van der Waals surface area contributed by atoms with Gasteiger partial charge in [0.05, 0.1) is 28.9 Å². The zero-order valence-corrected chi connectivity index (χ0v) is 48.3. The van der Waals surface area contributed by atoms with Crippen molar-refractivity contribution in [2.24, 2.45) is 12.8 Å². The number of aryl methyl sites for hydroxylation is 1. The van der Waals surface area contributed by atoms with Crippen LogP contribution in [0.4, 0.5) is 11.4 Å². The number of ether oxygens (including phenoxy) is 1. The first-order valence-electron chi connectivity index (χ1n) is 28.2. The van der Waals surface area contributed by atoms with E-state index in [0.29, 0.717) is 35.0 Å². The van der Waals surface area contributed by atoms with Gasteiger partial charge in [0.15, 0.2) is 0 Å². The van der Waals surface area contributed by atoms with Gasteiger partial charge in [-0.15, -0.1) is 11.8 Å². The number of hydrogen-bond acceptors (Lipinski definition) is 17. The molecule has 10 N–H and O–H groups in total. The summed E-state index contributed by atoms with van der Waals surface area (Å²) >= 11 is 0.973. The lowest BCUT2D eigenvalue weighted by Gasteiger charge is -2.33. The number of carboxylic acid groups (broad SMARTS) is 1. The number of aromatic amines is 1. The number of anilines is 2. The number of amides is 8. The highest BCUT2D eigenvalue weighted by atomic mass is 32.2. The van der Waals surface area contributed by atoms with Gasteiger partial charge < -0.3 is 56.2 Å². The summed E-state index contributed by atoms with van der Waals surface area (Å²) in [6.07, 6.45) is 8.95. The number of likely N-dealkylation sites (tertiary alicyclic amines) is 2. The number of benzene rings is 2. The maximum atomic E-state index is 14.2. The number of nitrogens with two attached hydrogens (primary N) is 1. The molecule has 4 fully saturated rings. The Balaban J connectivity index is 0.824. The van der Waals surface area contributed by atoms with Crippen LogP contribution in [0, 0.1) is 0 Å². The normalized spacial score (nSPS) is 19.3. The molecular formula is C56H70N12O14S2. The first-order chi connectivity index (χ1) is 40.1. The van der Waals surface area contributed by atoms with E-state index in [1.54, 1.807) is 17.2 Å². The Hall–Kier alpha value is -7.82. The molecule has 4 aliphatic heterocycles. The number of fused-ring (bicyclic) bond motifs is 2. The van der Waals surface area contributed by atoms with Gasteiger partial charge in [0.1, 0.15) is 29.0 Å². The van der Waals surface area contributed by atoms with Crippen LogP contribution < -0.4 is 47.3 Å². The highest BCUT2D eigenvalue weighted by Crippen LogP contribution is 2.41. The van der Waals surface area contributed by atoms with Gasteiger partial charge in [-0.05, 0) is 88.2 Å². The highest BCUT2D eigenvalue weighted by molar-refractivity contribution is 8.00. The highest BCUT2D eigenvalue weighted by Gasteiger charge is 2.41. The topological polar surface area (TPSA) is 363 Å². The summed E-state index contributed by atoms with van der Waals surface area (Å²) in [5.41, 5.74) is 8.05. The monoisotopic (exact) mass is 1200 g/mol. The van der Waals surface area contributed by atoms with E-state index in [-0.39, 0.29) is 116 Å². The Kier molecular flexibility index (Phi) is 19.1. The van der Waals surface area contributed by atoms with Crippen molar-refractivity contribution in [1.29, 1.82) is 0 Å². The van der Waals surface area contributed by atoms with Crippen LogP contribution in [-0.2, 0) is 52.4 Å². The molecule has 5 aliphatic rings. The molecule has 2 aromatic carbocycles. The lowest BCUT2D eigenvalue weighted by Crippen LogP contribution is -2.52. The summed E-state index contributed by atoms with van der Waals surface area (Å²) in [6, 6.07) is 8.24. The maximum Gasteiger partial charge on any atom is 0.321 e. The number of pyridine rings is 1. The quantitative estimate of drug-likeness (QED) is 0.0355. The minimum atomic E-state index is -3.97. The predicted octanol–water partition coefficient (Wildman–Crippen LogP) is 1.58. The fraction of sp³-hybridized carbons (Fsp3) is 0.500. The SMILES string of the molecule is Cn1cc(-c2cc(NS(C)(=O)=O)c(C(=O)NCCCN3CCC(Nc4cccc5c4CN(C4CCC(=O)NC4=O)C5=O)CC3)cc2OC2CCCCC2)c2cc(C(=O)NCCNC(=O)CCN3C(=O)CC(SC[C@H](N)C(=O)O)C3=O)[nH]c2c1=O. The van der Waals surface area contributed by atoms with E-state index in [2.05, 4.69) is 41.2 Å². The number of aromatic nitrogens is 2. The van der Waals surface area contributed by atoms with E-state index in [1.165, 1.54) is 29.8 Å². The Labute approximate surface area is 488 Å². The summed E-state index contributed by atoms with van der Waals surface area (Å²) in [7, 11) is -2.44. The third kappa shape index (κ3) is 14.4. The van der Waals surface area contributed by atoms with Gasteiger partial charge in [0.2, 0.25) is 39.6 Å². The molecule has 28 heteroatoms. The van der Waals surface area contributed by atoms with Crippen LogP contribution in [0.25, 0.3) is 22.0 Å². The smallest absolute Gasteiger partial charge is 0.321 e. The number of carboxylic acids is 1. The Morgan fingerprint density at radius 2 is 1.61 bits per heavy atom. The van der Waals surface area contributed by atoms with Crippen molar-refractivity contribution in [3.8, 4) is 16.9 Å². The molecule has 4 aromatic rings. The van der Waals surface area contributed by atoms with E-state index in [4.69, 9.17) is 15.6 Å². The fourth-order valence-electron chi connectivity index (χ4n) is 11.3. The minimum Gasteiger partial charge on any atom is -0.490 e. The van der Waals surface area contributed by atoms with Crippen molar-refractivity contribution < 1.29 is 61.4 Å². The summed E-state index contributed by atoms with van der Waals surface area (Å²) in [5, 5.41) is 22.8. The van der Waals surface area contributed by atoms with E-state index in [9.17, 15) is 56.4 Å². The van der Waals surface area contributed by atoms with E-state index in [0.717, 1.165) is 92.2 Å². The third-order valence-electron chi connectivity index (χ3n) is 15.8. The number of carbonyl (C=O) groups excluding carboxylic acids is 8. The van der Waals surface area contributed by atoms with Gasteiger partial charge in [-0.2, -0.15) is 0 Å². The average Bonchev–Trinajstić information content (AvgIpc) is 2.75. The number of thioether (sulfide) groups is 1. The number of sulfonamides is 1. The van der Waals surface area contributed by atoms with Gasteiger partial charge in [-0.3, -0.25) is 62.9 Å². The molecule has 3 saturated heterocycles. The van der Waals surface area contributed by atoms with Crippen LogP contribution in [0.15, 0.2) is 47.4 Å². The molecule has 2 aromatic heterocycles. The fourth-order valence-corrected chi connectivity index (χ4v) is 13.0. The van der Waals surface area contributed by atoms with Crippen LogP contribution in [0.2, 0.25) is 0 Å². The first kappa shape index (κ1) is 60.8. The third-order valence-corrected chi connectivity index (χ3v) is 17.7. The first-order valence-corrected chi connectivity index (χ1v) is 31.1. The molecule has 8 amide bonds. The van der Waals surface area contributed by atoms with E-state index >= 15 is 0 Å². The Morgan fingerprint density at radius 1 is 0.869 bits per heavy atom. The van der Waals surface area contributed by atoms with E-state index in [1.807, 2.05) is 12.1 Å². The van der Waals surface area contributed by atoms with Crippen molar-refractivity contribution in [2.45, 2.75) is 113 Å². The number of imide groups is 2. The van der Waals surface area contributed by atoms with Crippen molar-refractivity contribution in [3.63, 3.8) is 0 Å². The second-order valence-corrected chi connectivity index (χ2v) is 24.9. The van der Waals surface area contributed by atoms with Crippen LogP contribution in [0.5, 0.6) is 5.75 Å². The number of aliphatic carboxylic acids is 1. The molecule has 1 saturated carbocycles. The van der Waals surface area contributed by atoms with Crippen molar-refractivity contribution in [2.75, 3.05) is 67.9 Å². The second-order valence-electron chi connectivity index (χ2n) is 21.9. The minimum absolute atomic E-state index is 0.000314. The summed E-state index contributed by atoms with van der Waals surface area (Å²) < 4.78 is 36.5. The molecular weight excluding hydrogens is 1130 g/mol. The van der Waals surface area contributed by atoms with E-state index < -0.39 is 74.3 Å². The molecule has 84 heavy (non-hydrogen) atoms. The molecule has 26 nitrogen and oxygen atoms in total. The zero-order chi connectivity index (χ0) is 60.0. The van der Waals surface area contributed by atoms with Crippen LogP contribution >= 0.6 is 11.8 Å². The zero-order valence-electron chi connectivity index (χ0n) is 46.7. The molecule has 6 heterocycles. The summed E-state index contributed by atoms with van der Waals surface area (Å²) in [4.78, 5) is 136.